The molecule has 0 radical (unpaired) electrons. The van der Waals surface area contributed by atoms with Crippen LogP contribution < -0.4 is 5.73 Å². The Bertz CT molecular complexity index is 360. The van der Waals surface area contributed by atoms with Gasteiger partial charge in [-0.25, -0.2) is 13.2 Å². The maximum absolute atomic E-state index is 13.2. The Balaban J connectivity index is 0.00000225. The minimum Gasteiger partial charge on any atom is -0.390 e. The molecule has 1 aromatic carbocycles. The smallest absolute Gasteiger partial charge is 0.289 e. The molecule has 0 unspecified atom stereocenters. The molecule has 0 saturated carbocycles. The van der Waals surface area contributed by atoms with Crippen molar-refractivity contribution in [1.29, 1.82) is 0 Å². The van der Waals surface area contributed by atoms with Gasteiger partial charge in [0.25, 0.3) is 5.92 Å². The van der Waals surface area contributed by atoms with Crippen molar-refractivity contribution in [3.63, 3.8) is 0 Å². The quantitative estimate of drug-likeness (QED) is 0.870. The lowest BCUT2D eigenvalue weighted by atomic mass is 9.99. The topological polar surface area (TPSA) is 46.2 Å². The van der Waals surface area contributed by atoms with E-state index >= 15 is 0 Å². The van der Waals surface area contributed by atoms with E-state index in [4.69, 9.17) is 10.8 Å². The van der Waals surface area contributed by atoms with Gasteiger partial charge in [0.2, 0.25) is 0 Å². The van der Waals surface area contributed by atoms with E-state index in [2.05, 4.69) is 0 Å². The molecule has 0 aliphatic heterocycles. The number of aliphatic hydroxyl groups is 1. The van der Waals surface area contributed by atoms with Crippen LogP contribution in [0, 0.1) is 12.7 Å². The van der Waals surface area contributed by atoms with E-state index in [1.807, 2.05) is 0 Å². The zero-order chi connectivity index (χ0) is 11.6. The fraction of sp³-hybridized carbons (Fsp3) is 0.400. The molecule has 16 heavy (non-hydrogen) atoms. The van der Waals surface area contributed by atoms with Gasteiger partial charge in [0, 0.05) is 5.56 Å². The highest BCUT2D eigenvalue weighted by molar-refractivity contribution is 5.85. The number of alkyl halides is 2. The minimum atomic E-state index is -3.52. The predicted molar refractivity (Wildman–Crippen MR) is 57.3 cm³/mol. The molecule has 1 aromatic rings. The number of benzene rings is 1. The Hall–Kier alpha value is -0.780. The highest BCUT2D eigenvalue weighted by atomic mass is 35.5. The first kappa shape index (κ1) is 15.2. The number of aryl methyl sites for hydroxylation is 1. The van der Waals surface area contributed by atoms with E-state index in [0.717, 1.165) is 6.07 Å². The summed E-state index contributed by atoms with van der Waals surface area (Å²) in [7, 11) is 0. The van der Waals surface area contributed by atoms with Gasteiger partial charge in [0.15, 0.2) is 0 Å². The Morgan fingerprint density at radius 3 is 2.50 bits per heavy atom. The highest BCUT2D eigenvalue weighted by Gasteiger charge is 2.38. The van der Waals surface area contributed by atoms with Crippen LogP contribution in [0.5, 0.6) is 0 Å². The second-order valence-corrected chi connectivity index (χ2v) is 3.42. The van der Waals surface area contributed by atoms with Crippen LogP contribution in [0.4, 0.5) is 13.2 Å². The van der Waals surface area contributed by atoms with E-state index in [9.17, 15) is 13.2 Å². The van der Waals surface area contributed by atoms with E-state index < -0.39 is 24.4 Å². The van der Waals surface area contributed by atoms with E-state index in [1.165, 1.54) is 12.1 Å². The number of rotatable bonds is 3. The molecule has 0 saturated heterocycles. The van der Waals surface area contributed by atoms with E-state index in [1.54, 1.807) is 6.92 Å². The van der Waals surface area contributed by atoms with Crippen LogP contribution in [0.15, 0.2) is 18.2 Å². The van der Waals surface area contributed by atoms with Gasteiger partial charge in [-0.2, -0.15) is 0 Å². The van der Waals surface area contributed by atoms with Crippen molar-refractivity contribution in [2.75, 3.05) is 6.61 Å². The molecule has 0 aliphatic carbocycles. The molecule has 1 atom stereocenters. The van der Waals surface area contributed by atoms with Crippen molar-refractivity contribution in [3.05, 3.63) is 35.1 Å². The molecule has 2 nitrogen and oxygen atoms in total. The average Bonchev–Trinajstić information content (AvgIpc) is 2.20. The maximum Gasteiger partial charge on any atom is 0.289 e. The lowest BCUT2D eigenvalue weighted by molar-refractivity contribution is -0.0718. The summed E-state index contributed by atoms with van der Waals surface area (Å²) in [4.78, 5) is 0. The van der Waals surface area contributed by atoms with Crippen molar-refractivity contribution in [3.8, 4) is 0 Å². The van der Waals surface area contributed by atoms with Crippen molar-refractivity contribution < 1.29 is 18.3 Å². The van der Waals surface area contributed by atoms with Crippen LogP contribution in [-0.4, -0.2) is 17.6 Å². The minimum absolute atomic E-state index is 0. The standard InChI is InChI=1S/C10H12F3NO.ClH/c1-6-2-3-8(11)7(4-6)9(14)10(12,13)5-15;/h2-4,9,15H,5,14H2,1H3;1H/t9-;/m0./s1. The number of hydrogen-bond acceptors (Lipinski definition) is 2. The summed E-state index contributed by atoms with van der Waals surface area (Å²) in [5, 5.41) is 8.43. The molecule has 0 fully saturated rings. The van der Waals surface area contributed by atoms with Crippen LogP contribution in [0.3, 0.4) is 0 Å². The molecule has 0 aromatic heterocycles. The molecule has 6 heteroatoms. The first-order chi connectivity index (χ1) is 6.88. The number of hydrogen-bond donors (Lipinski definition) is 2. The van der Waals surface area contributed by atoms with Gasteiger partial charge in [-0.15, -0.1) is 12.4 Å². The van der Waals surface area contributed by atoms with Gasteiger partial charge in [0.05, 0.1) is 6.04 Å². The van der Waals surface area contributed by atoms with Crippen molar-refractivity contribution in [2.45, 2.75) is 18.9 Å². The fourth-order valence-corrected chi connectivity index (χ4v) is 1.23. The van der Waals surface area contributed by atoms with Crippen LogP contribution in [-0.2, 0) is 0 Å². The van der Waals surface area contributed by atoms with Crippen LogP contribution >= 0.6 is 12.4 Å². The lowest BCUT2D eigenvalue weighted by Gasteiger charge is -2.22. The number of halogens is 4. The Labute approximate surface area is 97.7 Å². The van der Waals surface area contributed by atoms with Gasteiger partial charge in [0.1, 0.15) is 12.4 Å². The summed E-state index contributed by atoms with van der Waals surface area (Å²) < 4.78 is 39.2. The maximum atomic E-state index is 13.2. The zero-order valence-electron chi connectivity index (χ0n) is 8.58. The monoisotopic (exact) mass is 255 g/mol. The molecular weight excluding hydrogens is 243 g/mol. The molecular formula is C10H13ClF3NO. The second kappa shape index (κ2) is 5.52. The number of nitrogens with two attached hydrogens (primary N) is 1. The van der Waals surface area contributed by atoms with Crippen LogP contribution in [0.25, 0.3) is 0 Å². The molecule has 0 amide bonds. The second-order valence-electron chi connectivity index (χ2n) is 3.42. The van der Waals surface area contributed by atoms with E-state index in [-0.39, 0.29) is 18.0 Å². The molecule has 0 aliphatic rings. The molecule has 0 bridgehead atoms. The fourth-order valence-electron chi connectivity index (χ4n) is 1.23. The predicted octanol–water partition coefficient (Wildman–Crippen LogP) is 2.18. The van der Waals surface area contributed by atoms with Gasteiger partial charge < -0.3 is 10.8 Å². The van der Waals surface area contributed by atoms with Gasteiger partial charge in [-0.3, -0.25) is 0 Å². The SMILES string of the molecule is Cc1ccc(F)c([C@H](N)C(F)(F)CO)c1.Cl. The largest absolute Gasteiger partial charge is 0.390 e. The number of aliphatic hydroxyl groups excluding tert-OH is 1. The molecule has 3 N–H and O–H groups in total. The molecule has 0 spiro atoms. The zero-order valence-corrected chi connectivity index (χ0v) is 9.40. The molecule has 1 rings (SSSR count). The first-order valence-corrected chi connectivity index (χ1v) is 4.39. The summed E-state index contributed by atoms with van der Waals surface area (Å²) in [6, 6.07) is 1.96. The Kier molecular flexibility index (Phi) is 5.25. The summed E-state index contributed by atoms with van der Waals surface area (Å²) in [6.07, 6.45) is 0. The molecule has 92 valence electrons. The summed E-state index contributed by atoms with van der Waals surface area (Å²) in [5.41, 5.74) is 5.55. The third kappa shape index (κ3) is 3.10. The molecule has 0 heterocycles. The van der Waals surface area contributed by atoms with Gasteiger partial charge >= 0.3 is 0 Å². The van der Waals surface area contributed by atoms with E-state index in [0.29, 0.717) is 5.56 Å². The Morgan fingerprint density at radius 2 is 2.00 bits per heavy atom. The van der Waals surface area contributed by atoms with Gasteiger partial charge in [-0.1, -0.05) is 17.7 Å². The normalized spacial score (nSPS) is 13.1. The van der Waals surface area contributed by atoms with Crippen molar-refractivity contribution in [2.24, 2.45) is 5.73 Å². The van der Waals surface area contributed by atoms with Crippen molar-refractivity contribution >= 4 is 12.4 Å². The summed E-state index contributed by atoms with van der Waals surface area (Å²) in [5.74, 6) is -4.31. The summed E-state index contributed by atoms with van der Waals surface area (Å²) >= 11 is 0. The average molecular weight is 256 g/mol. The third-order valence-corrected chi connectivity index (χ3v) is 2.15. The highest BCUT2D eigenvalue weighted by Crippen LogP contribution is 2.30. The lowest BCUT2D eigenvalue weighted by Crippen LogP contribution is -2.36. The van der Waals surface area contributed by atoms with Crippen LogP contribution in [0.1, 0.15) is 17.2 Å². The van der Waals surface area contributed by atoms with Crippen molar-refractivity contribution in [1.82, 2.24) is 0 Å². The van der Waals surface area contributed by atoms with Gasteiger partial charge in [-0.05, 0) is 13.0 Å². The first-order valence-electron chi connectivity index (χ1n) is 4.39. The Morgan fingerprint density at radius 1 is 1.44 bits per heavy atom. The summed E-state index contributed by atoms with van der Waals surface area (Å²) in [6.45, 7) is 0.244. The van der Waals surface area contributed by atoms with Crippen LogP contribution in [0.2, 0.25) is 0 Å². The third-order valence-electron chi connectivity index (χ3n) is 2.15.